The van der Waals surface area contributed by atoms with E-state index < -0.39 is 34.9 Å². The zero-order chi connectivity index (χ0) is 23.5. The summed E-state index contributed by atoms with van der Waals surface area (Å²) < 4.78 is 63.6. The van der Waals surface area contributed by atoms with Crippen molar-refractivity contribution in [3.05, 3.63) is 77.4 Å². The molecule has 1 aromatic heterocycles. The van der Waals surface area contributed by atoms with Gasteiger partial charge in [-0.3, -0.25) is 14.6 Å². The van der Waals surface area contributed by atoms with Gasteiger partial charge in [0.25, 0.3) is 11.8 Å². The average Bonchev–Trinajstić information content (AvgIpc) is 2.74. The van der Waals surface area contributed by atoms with E-state index in [2.05, 4.69) is 10.3 Å². The molecule has 0 spiro atoms. The summed E-state index contributed by atoms with van der Waals surface area (Å²) >= 11 is 0. The first kappa shape index (κ1) is 22.5. The Hall–Kier alpha value is -4.15. The molecule has 32 heavy (non-hydrogen) atoms. The molecule has 3 rings (SSSR count). The molecule has 0 aliphatic heterocycles. The number of nitrogens with one attached hydrogen (secondary N) is 1. The molecule has 166 valence electrons. The number of rotatable bonds is 6. The summed E-state index contributed by atoms with van der Waals surface area (Å²) in [6.07, 6.45) is -3.52. The van der Waals surface area contributed by atoms with Crippen LogP contribution in [0.2, 0.25) is 0 Å². The minimum Gasteiger partial charge on any atom is -0.494 e. The summed E-state index contributed by atoms with van der Waals surface area (Å²) in [6.45, 7) is 0. The molecule has 0 unspecified atom stereocenters. The largest absolute Gasteiger partial charge is 0.494 e. The van der Waals surface area contributed by atoms with Crippen LogP contribution in [0.1, 0.15) is 26.4 Å². The Balaban J connectivity index is 1.99. The lowest BCUT2D eigenvalue weighted by atomic mass is 10.1. The van der Waals surface area contributed by atoms with Crippen molar-refractivity contribution in [3.8, 4) is 17.2 Å². The standard InChI is InChI=1S/C21H15F4N3O4/c1-31-18-10-13(3-4-15(18)22)32-17-5-2-11(21(23,24)25)8-14(17)20(30)28-12-6-7-27-16(9-12)19(26)29/h2-10H,1H3,(H2,26,29)(H,27,28,30). The number of pyridine rings is 1. The van der Waals surface area contributed by atoms with Gasteiger partial charge in [-0.1, -0.05) is 0 Å². The number of benzene rings is 2. The molecule has 0 radical (unpaired) electrons. The predicted molar refractivity (Wildman–Crippen MR) is 105 cm³/mol. The Kier molecular flexibility index (Phi) is 6.28. The molecule has 1 heterocycles. The van der Waals surface area contributed by atoms with E-state index in [1.54, 1.807) is 0 Å². The Morgan fingerprint density at radius 1 is 1.03 bits per heavy atom. The third-order valence-electron chi connectivity index (χ3n) is 4.17. The number of aromatic nitrogens is 1. The van der Waals surface area contributed by atoms with Crippen LogP contribution in [0.5, 0.6) is 17.2 Å². The molecule has 11 heteroatoms. The predicted octanol–water partition coefficient (Wildman–Crippen LogP) is 4.39. The van der Waals surface area contributed by atoms with Gasteiger partial charge in [-0.05, 0) is 42.5 Å². The monoisotopic (exact) mass is 449 g/mol. The normalized spacial score (nSPS) is 11.0. The van der Waals surface area contributed by atoms with E-state index in [1.807, 2.05) is 0 Å². The van der Waals surface area contributed by atoms with Crippen molar-refractivity contribution in [2.75, 3.05) is 12.4 Å². The Bertz CT molecular complexity index is 1180. The summed E-state index contributed by atoms with van der Waals surface area (Å²) in [5.41, 5.74) is 3.52. The van der Waals surface area contributed by atoms with Gasteiger partial charge in [-0.25, -0.2) is 4.39 Å². The Labute approximate surface area is 178 Å². The SMILES string of the molecule is COc1cc(Oc2ccc(C(F)(F)F)cc2C(=O)Nc2ccnc(C(N)=O)c2)ccc1F. The zero-order valence-corrected chi connectivity index (χ0v) is 16.4. The van der Waals surface area contributed by atoms with Crippen molar-refractivity contribution in [1.82, 2.24) is 4.98 Å². The topological polar surface area (TPSA) is 104 Å². The maximum Gasteiger partial charge on any atom is 0.416 e. The molecule has 3 N–H and O–H groups in total. The number of nitrogens with two attached hydrogens (primary N) is 1. The zero-order valence-electron chi connectivity index (χ0n) is 16.4. The summed E-state index contributed by atoms with van der Waals surface area (Å²) in [6, 6.07) is 8.25. The third kappa shape index (κ3) is 5.12. The van der Waals surface area contributed by atoms with Crippen molar-refractivity contribution < 1.29 is 36.6 Å². The van der Waals surface area contributed by atoms with Gasteiger partial charge in [0.1, 0.15) is 17.2 Å². The third-order valence-corrected chi connectivity index (χ3v) is 4.17. The number of anilines is 1. The van der Waals surface area contributed by atoms with Crippen molar-refractivity contribution in [3.63, 3.8) is 0 Å². The average molecular weight is 449 g/mol. The highest BCUT2D eigenvalue weighted by molar-refractivity contribution is 6.06. The maximum absolute atomic E-state index is 13.6. The number of alkyl halides is 3. The molecule has 0 aliphatic rings. The number of hydrogen-bond donors (Lipinski definition) is 2. The fraction of sp³-hybridized carbons (Fsp3) is 0.0952. The van der Waals surface area contributed by atoms with Crippen LogP contribution in [0.4, 0.5) is 23.2 Å². The highest BCUT2D eigenvalue weighted by Crippen LogP contribution is 2.35. The van der Waals surface area contributed by atoms with E-state index in [0.717, 1.165) is 18.2 Å². The molecule has 2 amide bonds. The van der Waals surface area contributed by atoms with Crippen LogP contribution in [0, 0.1) is 5.82 Å². The number of carbonyl (C=O) groups is 2. The van der Waals surface area contributed by atoms with Gasteiger partial charge in [0.2, 0.25) is 0 Å². The van der Waals surface area contributed by atoms with Gasteiger partial charge in [-0.15, -0.1) is 0 Å². The van der Waals surface area contributed by atoms with Crippen molar-refractivity contribution in [2.45, 2.75) is 6.18 Å². The summed E-state index contributed by atoms with van der Waals surface area (Å²) in [7, 11) is 1.23. The highest BCUT2D eigenvalue weighted by Gasteiger charge is 2.32. The van der Waals surface area contributed by atoms with E-state index >= 15 is 0 Å². The quantitative estimate of drug-likeness (QED) is 0.544. The number of hydrogen-bond acceptors (Lipinski definition) is 5. The van der Waals surface area contributed by atoms with Gasteiger partial charge in [-0.2, -0.15) is 13.2 Å². The van der Waals surface area contributed by atoms with Crippen molar-refractivity contribution in [1.29, 1.82) is 0 Å². The lowest BCUT2D eigenvalue weighted by molar-refractivity contribution is -0.137. The molecular weight excluding hydrogens is 434 g/mol. The lowest BCUT2D eigenvalue weighted by Gasteiger charge is -2.15. The molecular formula is C21H15F4N3O4. The molecule has 0 saturated heterocycles. The van der Waals surface area contributed by atoms with Crippen LogP contribution < -0.4 is 20.5 Å². The van der Waals surface area contributed by atoms with Crippen LogP contribution in [-0.4, -0.2) is 23.9 Å². The number of amides is 2. The smallest absolute Gasteiger partial charge is 0.416 e. The van der Waals surface area contributed by atoms with Gasteiger partial charge >= 0.3 is 6.18 Å². The van der Waals surface area contributed by atoms with Crippen LogP contribution in [0.25, 0.3) is 0 Å². The lowest BCUT2D eigenvalue weighted by Crippen LogP contribution is -2.17. The number of carbonyl (C=O) groups excluding carboxylic acids is 2. The molecule has 0 aliphatic carbocycles. The van der Waals surface area contributed by atoms with Crippen LogP contribution in [0.15, 0.2) is 54.7 Å². The molecule has 7 nitrogen and oxygen atoms in total. The molecule has 0 saturated carbocycles. The van der Waals surface area contributed by atoms with Gasteiger partial charge in [0.15, 0.2) is 11.6 Å². The molecule has 3 aromatic rings. The van der Waals surface area contributed by atoms with Gasteiger partial charge < -0.3 is 20.5 Å². The first-order valence-corrected chi connectivity index (χ1v) is 8.88. The van der Waals surface area contributed by atoms with Crippen molar-refractivity contribution in [2.24, 2.45) is 5.73 Å². The molecule has 0 atom stereocenters. The molecule has 0 bridgehead atoms. The number of ether oxygens (including phenoxy) is 2. The second-order valence-corrected chi connectivity index (χ2v) is 6.36. The second kappa shape index (κ2) is 8.92. The number of methoxy groups -OCH3 is 1. The molecule has 2 aromatic carbocycles. The number of halogens is 4. The van der Waals surface area contributed by atoms with Crippen LogP contribution in [-0.2, 0) is 6.18 Å². The summed E-state index contributed by atoms with van der Waals surface area (Å²) in [5.74, 6) is -2.84. The number of nitrogens with zero attached hydrogens (tertiary/aromatic N) is 1. The summed E-state index contributed by atoms with van der Waals surface area (Å²) in [4.78, 5) is 27.8. The highest BCUT2D eigenvalue weighted by atomic mass is 19.4. The minimum atomic E-state index is -4.72. The molecule has 0 fully saturated rings. The van der Waals surface area contributed by atoms with E-state index in [9.17, 15) is 27.2 Å². The van der Waals surface area contributed by atoms with Crippen LogP contribution in [0.3, 0.4) is 0 Å². The van der Waals surface area contributed by atoms with E-state index in [1.165, 1.54) is 37.6 Å². The van der Waals surface area contributed by atoms with Crippen LogP contribution >= 0.6 is 0 Å². The first-order valence-electron chi connectivity index (χ1n) is 8.88. The summed E-state index contributed by atoms with van der Waals surface area (Å²) in [5, 5.41) is 2.37. The fourth-order valence-electron chi connectivity index (χ4n) is 2.64. The second-order valence-electron chi connectivity index (χ2n) is 6.36. The van der Waals surface area contributed by atoms with E-state index in [-0.39, 0.29) is 28.6 Å². The number of primary amides is 1. The Morgan fingerprint density at radius 2 is 1.78 bits per heavy atom. The minimum absolute atomic E-state index is 0.0250. The maximum atomic E-state index is 13.6. The van der Waals surface area contributed by atoms with E-state index in [0.29, 0.717) is 6.07 Å². The van der Waals surface area contributed by atoms with E-state index in [4.69, 9.17) is 15.2 Å². The van der Waals surface area contributed by atoms with Crippen molar-refractivity contribution >= 4 is 17.5 Å². The fourth-order valence-corrected chi connectivity index (χ4v) is 2.64. The first-order chi connectivity index (χ1) is 15.1. The van der Waals surface area contributed by atoms with Gasteiger partial charge in [0, 0.05) is 18.0 Å². The van der Waals surface area contributed by atoms with Gasteiger partial charge in [0.05, 0.1) is 18.2 Å². The Morgan fingerprint density at radius 3 is 2.44 bits per heavy atom.